The van der Waals surface area contributed by atoms with E-state index in [0.29, 0.717) is 11.8 Å². The van der Waals surface area contributed by atoms with Crippen molar-refractivity contribution in [3.05, 3.63) is 17.5 Å². The minimum Gasteiger partial charge on any atom is -0.377 e. The Kier molecular flexibility index (Phi) is 3.78. The third kappa shape index (κ3) is 2.72. The fourth-order valence-electron chi connectivity index (χ4n) is 1.76. The third-order valence-corrected chi connectivity index (χ3v) is 3.97. The van der Waals surface area contributed by atoms with Gasteiger partial charge in [-0.1, -0.05) is 11.8 Å². The molecule has 4 nitrogen and oxygen atoms in total. The van der Waals surface area contributed by atoms with Crippen molar-refractivity contribution in [3.8, 4) is 0 Å². The van der Waals surface area contributed by atoms with Crippen molar-refractivity contribution < 1.29 is 4.74 Å². The molecule has 0 aliphatic carbocycles. The van der Waals surface area contributed by atoms with E-state index in [4.69, 9.17) is 10.5 Å². The number of aromatic nitrogens is 2. The third-order valence-electron chi connectivity index (χ3n) is 2.66. The molecule has 2 atom stereocenters. The summed E-state index contributed by atoms with van der Waals surface area (Å²) in [7, 11) is 0. The average molecular weight is 239 g/mol. The van der Waals surface area contributed by atoms with Crippen molar-refractivity contribution in [3.63, 3.8) is 0 Å². The van der Waals surface area contributed by atoms with Crippen LogP contribution in [0, 0.1) is 6.92 Å². The molecule has 2 N–H and O–H groups in total. The first kappa shape index (κ1) is 11.8. The molecule has 0 aromatic carbocycles. The summed E-state index contributed by atoms with van der Waals surface area (Å²) in [6.45, 7) is 5.38. The molecule has 0 radical (unpaired) electrons. The van der Waals surface area contributed by atoms with Crippen molar-refractivity contribution in [1.82, 2.24) is 9.97 Å². The van der Waals surface area contributed by atoms with Crippen LogP contribution in [-0.4, -0.2) is 27.9 Å². The van der Waals surface area contributed by atoms with Gasteiger partial charge in [-0.15, -0.1) is 0 Å². The summed E-state index contributed by atoms with van der Waals surface area (Å²) >= 11 is 1.70. The molecule has 88 valence electrons. The highest BCUT2D eigenvalue weighted by Gasteiger charge is 2.26. The Labute approximate surface area is 100.0 Å². The predicted octanol–water partition coefficient (Wildman–Crippen LogP) is 1.51. The molecule has 0 bridgehead atoms. The number of rotatable bonds is 3. The number of hydrogen-bond acceptors (Lipinski definition) is 5. The van der Waals surface area contributed by atoms with E-state index in [1.807, 2.05) is 13.0 Å². The Bertz CT molecular complexity index is 372. The summed E-state index contributed by atoms with van der Waals surface area (Å²) in [6.07, 6.45) is 1.36. The molecule has 1 aromatic heterocycles. The summed E-state index contributed by atoms with van der Waals surface area (Å²) in [5.41, 5.74) is 7.48. The Hall–Kier alpha value is -0.650. The highest BCUT2D eigenvalue weighted by atomic mass is 32.2. The normalized spacial score (nSPS) is 24.9. The van der Waals surface area contributed by atoms with Gasteiger partial charge in [0.1, 0.15) is 0 Å². The largest absolute Gasteiger partial charge is 0.377 e. The number of ether oxygens (including phenoxy) is 1. The van der Waals surface area contributed by atoms with E-state index in [1.165, 1.54) is 0 Å². The molecule has 1 fully saturated rings. The summed E-state index contributed by atoms with van der Waals surface area (Å²) in [5.74, 6) is 0. The molecular weight excluding hydrogens is 222 g/mol. The molecule has 2 rings (SSSR count). The van der Waals surface area contributed by atoms with Gasteiger partial charge in [-0.3, -0.25) is 0 Å². The van der Waals surface area contributed by atoms with E-state index in [0.717, 1.165) is 29.6 Å². The second-order valence-electron chi connectivity index (χ2n) is 4.01. The van der Waals surface area contributed by atoms with Gasteiger partial charge in [0.25, 0.3) is 0 Å². The van der Waals surface area contributed by atoms with Crippen LogP contribution in [0.1, 0.15) is 24.7 Å². The lowest BCUT2D eigenvalue weighted by molar-refractivity contribution is 0.127. The summed E-state index contributed by atoms with van der Waals surface area (Å²) in [4.78, 5) is 8.84. The maximum Gasteiger partial charge on any atom is 0.188 e. The lowest BCUT2D eigenvalue weighted by atomic mass is 10.3. The molecule has 0 spiro atoms. The zero-order valence-corrected chi connectivity index (χ0v) is 10.5. The number of thioether (sulfide) groups is 1. The molecule has 1 aliphatic rings. The van der Waals surface area contributed by atoms with Crippen LogP contribution in [0.4, 0.5) is 0 Å². The second kappa shape index (κ2) is 5.12. The lowest BCUT2D eigenvalue weighted by Crippen LogP contribution is -2.14. The lowest BCUT2D eigenvalue weighted by Gasteiger charge is -2.12. The Morgan fingerprint density at radius 3 is 3.00 bits per heavy atom. The highest BCUT2D eigenvalue weighted by molar-refractivity contribution is 7.99. The highest BCUT2D eigenvalue weighted by Crippen LogP contribution is 2.30. The van der Waals surface area contributed by atoms with Gasteiger partial charge < -0.3 is 10.5 Å². The minimum atomic E-state index is 0.287. The van der Waals surface area contributed by atoms with Crippen LogP contribution in [0.3, 0.4) is 0 Å². The molecule has 1 saturated heterocycles. The van der Waals surface area contributed by atoms with Crippen LogP contribution in [0.25, 0.3) is 0 Å². The van der Waals surface area contributed by atoms with Gasteiger partial charge in [-0.25, -0.2) is 9.97 Å². The van der Waals surface area contributed by atoms with Gasteiger partial charge in [0.2, 0.25) is 0 Å². The van der Waals surface area contributed by atoms with Crippen LogP contribution in [0.2, 0.25) is 0 Å². The molecule has 1 aromatic rings. The predicted molar refractivity (Wildman–Crippen MR) is 64.3 cm³/mol. The molecule has 0 amide bonds. The van der Waals surface area contributed by atoms with Gasteiger partial charge >= 0.3 is 0 Å². The van der Waals surface area contributed by atoms with Crippen molar-refractivity contribution >= 4 is 11.8 Å². The fraction of sp³-hybridized carbons (Fsp3) is 0.636. The van der Waals surface area contributed by atoms with Gasteiger partial charge in [0.15, 0.2) is 5.16 Å². The summed E-state index contributed by atoms with van der Waals surface area (Å²) < 4.78 is 5.52. The minimum absolute atomic E-state index is 0.287. The van der Waals surface area contributed by atoms with Gasteiger partial charge in [-0.2, -0.15) is 0 Å². The Balaban J connectivity index is 2.11. The van der Waals surface area contributed by atoms with Gasteiger partial charge in [0, 0.05) is 24.1 Å². The smallest absolute Gasteiger partial charge is 0.188 e. The van der Waals surface area contributed by atoms with Gasteiger partial charge in [0.05, 0.1) is 11.8 Å². The van der Waals surface area contributed by atoms with E-state index >= 15 is 0 Å². The first-order chi connectivity index (χ1) is 7.69. The van der Waals surface area contributed by atoms with Crippen molar-refractivity contribution in [1.29, 1.82) is 0 Å². The van der Waals surface area contributed by atoms with Crippen LogP contribution in [0.15, 0.2) is 11.2 Å². The monoisotopic (exact) mass is 239 g/mol. The maximum absolute atomic E-state index is 5.60. The summed E-state index contributed by atoms with van der Waals surface area (Å²) in [5, 5.41) is 1.29. The first-order valence-electron chi connectivity index (χ1n) is 5.52. The van der Waals surface area contributed by atoms with Crippen LogP contribution in [0.5, 0.6) is 0 Å². The standard InChI is InChI=1S/C11H17N3OS/c1-7-5-9(6-12)14-11(13-7)16-10-3-4-15-8(10)2/h5,8,10H,3-4,6,12H2,1-2H3. The number of aryl methyl sites for hydroxylation is 1. The van der Waals surface area contributed by atoms with Crippen molar-refractivity contribution in [2.24, 2.45) is 5.73 Å². The quantitative estimate of drug-likeness (QED) is 0.810. The van der Waals surface area contributed by atoms with E-state index in [9.17, 15) is 0 Å². The zero-order chi connectivity index (χ0) is 11.5. The molecule has 0 saturated carbocycles. The maximum atomic E-state index is 5.60. The van der Waals surface area contributed by atoms with Crippen LogP contribution in [-0.2, 0) is 11.3 Å². The number of nitrogens with two attached hydrogens (primary N) is 1. The molecule has 2 unspecified atom stereocenters. The van der Waals surface area contributed by atoms with Crippen molar-refractivity contribution in [2.75, 3.05) is 6.61 Å². The molecule has 2 heterocycles. The van der Waals surface area contributed by atoms with E-state index in [1.54, 1.807) is 11.8 Å². The molecular formula is C11H17N3OS. The van der Waals surface area contributed by atoms with Crippen molar-refractivity contribution in [2.45, 2.75) is 43.3 Å². The van der Waals surface area contributed by atoms with Crippen LogP contribution < -0.4 is 5.73 Å². The molecule has 1 aliphatic heterocycles. The average Bonchev–Trinajstić information content (AvgIpc) is 2.63. The summed E-state index contributed by atoms with van der Waals surface area (Å²) in [6, 6.07) is 1.93. The van der Waals surface area contributed by atoms with E-state index in [-0.39, 0.29) is 6.10 Å². The molecule has 5 heteroatoms. The second-order valence-corrected chi connectivity index (χ2v) is 5.21. The van der Waals surface area contributed by atoms with Gasteiger partial charge in [-0.05, 0) is 26.3 Å². The topological polar surface area (TPSA) is 61.0 Å². The van der Waals surface area contributed by atoms with E-state index in [2.05, 4.69) is 16.9 Å². The number of nitrogens with zero attached hydrogens (tertiary/aromatic N) is 2. The Morgan fingerprint density at radius 1 is 1.56 bits per heavy atom. The van der Waals surface area contributed by atoms with Crippen LogP contribution >= 0.6 is 11.8 Å². The number of hydrogen-bond donors (Lipinski definition) is 1. The zero-order valence-electron chi connectivity index (χ0n) is 9.64. The first-order valence-corrected chi connectivity index (χ1v) is 6.40. The SMILES string of the molecule is Cc1cc(CN)nc(SC2CCOC2C)n1. The fourth-order valence-corrected chi connectivity index (χ4v) is 2.89. The molecule has 16 heavy (non-hydrogen) atoms. The van der Waals surface area contributed by atoms with E-state index < -0.39 is 0 Å². The Morgan fingerprint density at radius 2 is 2.38 bits per heavy atom.